The van der Waals surface area contributed by atoms with Crippen molar-refractivity contribution < 1.29 is 0 Å². The van der Waals surface area contributed by atoms with Gasteiger partial charge < -0.3 is 5.32 Å². The molecule has 0 aliphatic heterocycles. The SMILES string of the molecule is CCn1ncnc1Cn1cc(CNC2CC2)c(C)n1. The lowest BCUT2D eigenvalue weighted by Crippen LogP contribution is -2.15. The summed E-state index contributed by atoms with van der Waals surface area (Å²) < 4.78 is 3.86. The van der Waals surface area contributed by atoms with Crippen LogP contribution in [0.3, 0.4) is 0 Å². The Kier molecular flexibility index (Phi) is 3.33. The summed E-state index contributed by atoms with van der Waals surface area (Å²) in [4.78, 5) is 4.28. The summed E-state index contributed by atoms with van der Waals surface area (Å²) in [5.41, 5.74) is 2.37. The molecule has 0 amide bonds. The normalized spacial score (nSPS) is 15.1. The minimum atomic E-state index is 0.679. The second kappa shape index (κ2) is 5.13. The average Bonchev–Trinajstić information content (AvgIpc) is 3.02. The minimum Gasteiger partial charge on any atom is -0.310 e. The van der Waals surface area contributed by atoms with Crippen LogP contribution in [0.5, 0.6) is 0 Å². The maximum atomic E-state index is 4.55. The fourth-order valence-electron chi connectivity index (χ4n) is 2.17. The number of aryl methyl sites for hydroxylation is 2. The van der Waals surface area contributed by atoms with Gasteiger partial charge in [-0.25, -0.2) is 9.67 Å². The molecule has 1 saturated carbocycles. The second-order valence-corrected chi connectivity index (χ2v) is 5.08. The van der Waals surface area contributed by atoms with Gasteiger partial charge >= 0.3 is 0 Å². The van der Waals surface area contributed by atoms with Crippen molar-refractivity contribution in [3.8, 4) is 0 Å². The Bertz CT molecular complexity index is 551. The second-order valence-electron chi connectivity index (χ2n) is 5.08. The van der Waals surface area contributed by atoms with Gasteiger partial charge in [0.15, 0.2) is 0 Å². The summed E-state index contributed by atoms with van der Waals surface area (Å²) >= 11 is 0. The molecule has 3 rings (SSSR count). The van der Waals surface area contributed by atoms with Crippen molar-refractivity contribution in [3.63, 3.8) is 0 Å². The van der Waals surface area contributed by atoms with Crippen LogP contribution in [0, 0.1) is 6.92 Å². The lowest BCUT2D eigenvalue weighted by Gasteiger charge is -2.02. The number of rotatable bonds is 6. The van der Waals surface area contributed by atoms with Crippen LogP contribution in [-0.4, -0.2) is 30.6 Å². The van der Waals surface area contributed by atoms with Crippen molar-refractivity contribution in [2.24, 2.45) is 0 Å². The fraction of sp³-hybridized carbons (Fsp3) is 0.615. The molecule has 2 aromatic heterocycles. The van der Waals surface area contributed by atoms with Crippen molar-refractivity contribution in [1.82, 2.24) is 29.9 Å². The topological polar surface area (TPSA) is 60.6 Å². The third-order valence-corrected chi connectivity index (χ3v) is 3.51. The molecule has 0 spiro atoms. The first kappa shape index (κ1) is 12.3. The maximum absolute atomic E-state index is 4.55. The van der Waals surface area contributed by atoms with E-state index < -0.39 is 0 Å². The fourth-order valence-corrected chi connectivity index (χ4v) is 2.17. The van der Waals surface area contributed by atoms with E-state index in [0.717, 1.165) is 30.6 Å². The molecule has 19 heavy (non-hydrogen) atoms. The molecule has 0 aromatic carbocycles. The summed E-state index contributed by atoms with van der Waals surface area (Å²) in [7, 11) is 0. The Morgan fingerprint density at radius 1 is 1.42 bits per heavy atom. The number of nitrogens with zero attached hydrogens (tertiary/aromatic N) is 5. The van der Waals surface area contributed by atoms with Crippen molar-refractivity contribution in [1.29, 1.82) is 0 Å². The van der Waals surface area contributed by atoms with Crippen LogP contribution < -0.4 is 5.32 Å². The minimum absolute atomic E-state index is 0.679. The molecule has 2 heterocycles. The molecule has 0 saturated heterocycles. The molecule has 1 N–H and O–H groups in total. The van der Waals surface area contributed by atoms with Gasteiger partial charge in [0.25, 0.3) is 0 Å². The van der Waals surface area contributed by atoms with Crippen molar-refractivity contribution >= 4 is 0 Å². The van der Waals surface area contributed by atoms with E-state index >= 15 is 0 Å². The third-order valence-electron chi connectivity index (χ3n) is 3.51. The van der Waals surface area contributed by atoms with Crippen LogP contribution in [0.1, 0.15) is 36.8 Å². The van der Waals surface area contributed by atoms with E-state index in [-0.39, 0.29) is 0 Å². The van der Waals surface area contributed by atoms with Crippen LogP contribution in [-0.2, 0) is 19.6 Å². The maximum Gasteiger partial charge on any atom is 0.148 e. The van der Waals surface area contributed by atoms with Crippen LogP contribution in [0.4, 0.5) is 0 Å². The number of hydrogen-bond donors (Lipinski definition) is 1. The predicted octanol–water partition coefficient (Wildman–Crippen LogP) is 1.10. The predicted molar refractivity (Wildman–Crippen MR) is 71.6 cm³/mol. The van der Waals surface area contributed by atoms with Crippen LogP contribution >= 0.6 is 0 Å². The Balaban J connectivity index is 1.68. The van der Waals surface area contributed by atoms with Gasteiger partial charge in [0, 0.05) is 30.9 Å². The third kappa shape index (κ3) is 2.84. The van der Waals surface area contributed by atoms with Gasteiger partial charge in [-0.05, 0) is 26.7 Å². The highest BCUT2D eigenvalue weighted by Crippen LogP contribution is 2.19. The summed E-state index contributed by atoms with van der Waals surface area (Å²) in [5, 5.41) is 12.3. The highest BCUT2D eigenvalue weighted by Gasteiger charge is 2.20. The van der Waals surface area contributed by atoms with Gasteiger partial charge in [-0.3, -0.25) is 4.68 Å². The van der Waals surface area contributed by atoms with Crippen molar-refractivity contribution in [2.75, 3.05) is 0 Å². The van der Waals surface area contributed by atoms with E-state index in [9.17, 15) is 0 Å². The van der Waals surface area contributed by atoms with E-state index in [4.69, 9.17) is 0 Å². The summed E-state index contributed by atoms with van der Waals surface area (Å²) in [6, 6.07) is 0.728. The number of aromatic nitrogens is 5. The Labute approximate surface area is 112 Å². The highest BCUT2D eigenvalue weighted by atomic mass is 15.4. The molecule has 102 valence electrons. The van der Waals surface area contributed by atoms with Crippen molar-refractivity contribution in [3.05, 3.63) is 29.6 Å². The lowest BCUT2D eigenvalue weighted by molar-refractivity contribution is 0.566. The standard InChI is InChI=1S/C13H20N6/c1-3-19-13(15-9-16-19)8-18-7-11(10(2)17-18)6-14-12-4-5-12/h7,9,12,14H,3-6,8H2,1-2H3. The highest BCUT2D eigenvalue weighted by molar-refractivity contribution is 5.16. The number of hydrogen-bond acceptors (Lipinski definition) is 4. The van der Waals surface area contributed by atoms with Gasteiger partial charge in [0.05, 0.1) is 5.69 Å². The van der Waals surface area contributed by atoms with Gasteiger partial charge in [0.1, 0.15) is 18.7 Å². The van der Waals surface area contributed by atoms with E-state index in [1.165, 1.54) is 18.4 Å². The smallest absolute Gasteiger partial charge is 0.148 e. The first-order valence-electron chi connectivity index (χ1n) is 6.89. The zero-order valence-corrected chi connectivity index (χ0v) is 11.5. The summed E-state index contributed by atoms with van der Waals surface area (Å²) in [6.45, 7) is 6.56. The Morgan fingerprint density at radius 2 is 2.26 bits per heavy atom. The molecule has 1 aliphatic carbocycles. The molecule has 1 fully saturated rings. The molecular formula is C13H20N6. The Morgan fingerprint density at radius 3 is 3.00 bits per heavy atom. The molecule has 6 heteroatoms. The van der Waals surface area contributed by atoms with Gasteiger partial charge in [-0.15, -0.1) is 0 Å². The zero-order chi connectivity index (χ0) is 13.2. The van der Waals surface area contributed by atoms with Crippen LogP contribution in [0.2, 0.25) is 0 Å². The van der Waals surface area contributed by atoms with Gasteiger partial charge in [-0.2, -0.15) is 10.2 Å². The first-order valence-corrected chi connectivity index (χ1v) is 6.89. The summed E-state index contributed by atoms with van der Waals surface area (Å²) in [5.74, 6) is 0.951. The quantitative estimate of drug-likeness (QED) is 0.845. The van der Waals surface area contributed by atoms with Crippen molar-refractivity contribution in [2.45, 2.75) is 52.4 Å². The molecular weight excluding hydrogens is 240 g/mol. The first-order chi connectivity index (χ1) is 9.26. The molecule has 0 bridgehead atoms. The van der Waals surface area contributed by atoms with E-state index in [0.29, 0.717) is 6.54 Å². The monoisotopic (exact) mass is 260 g/mol. The average molecular weight is 260 g/mol. The van der Waals surface area contributed by atoms with Gasteiger partial charge in [-0.1, -0.05) is 0 Å². The van der Waals surface area contributed by atoms with E-state index in [1.807, 2.05) is 9.36 Å². The molecule has 6 nitrogen and oxygen atoms in total. The lowest BCUT2D eigenvalue weighted by atomic mass is 10.2. The molecule has 0 radical (unpaired) electrons. The summed E-state index contributed by atoms with van der Waals surface area (Å²) in [6.07, 6.45) is 6.34. The molecule has 2 aromatic rings. The Hall–Kier alpha value is -1.69. The largest absolute Gasteiger partial charge is 0.310 e. The van der Waals surface area contributed by atoms with E-state index in [2.05, 4.69) is 40.5 Å². The molecule has 0 atom stereocenters. The van der Waals surface area contributed by atoms with Gasteiger partial charge in [0.2, 0.25) is 0 Å². The van der Waals surface area contributed by atoms with E-state index in [1.54, 1.807) is 6.33 Å². The molecule has 1 aliphatic rings. The van der Waals surface area contributed by atoms with Crippen LogP contribution in [0.15, 0.2) is 12.5 Å². The number of nitrogens with one attached hydrogen (secondary N) is 1. The zero-order valence-electron chi connectivity index (χ0n) is 11.5. The van der Waals surface area contributed by atoms with Crippen LogP contribution in [0.25, 0.3) is 0 Å². The molecule has 0 unspecified atom stereocenters.